The molecule has 0 spiro atoms. The number of nitrogens with two attached hydrogens (primary N) is 1. The van der Waals surface area contributed by atoms with Gasteiger partial charge in [-0.25, -0.2) is 23.5 Å². The average Bonchev–Trinajstić information content (AvgIpc) is 2.45. The van der Waals surface area contributed by atoms with E-state index in [-0.39, 0.29) is 10.9 Å². The summed E-state index contributed by atoms with van der Waals surface area (Å²) in [7, 11) is -1.91. The molecule has 1 aromatic heterocycles. The first-order chi connectivity index (χ1) is 9.80. The number of benzene rings is 1. The normalized spacial score (nSPS) is 13.0. The van der Waals surface area contributed by atoms with Gasteiger partial charge in [0.15, 0.2) is 5.82 Å². The minimum atomic E-state index is -3.73. The molecular weight excluding hydrogens is 312 g/mol. The van der Waals surface area contributed by atoms with Crippen LogP contribution in [0.25, 0.3) is 0 Å². The zero-order chi connectivity index (χ0) is 15.6. The molecule has 6 nitrogen and oxygen atoms in total. The van der Waals surface area contributed by atoms with Crippen LogP contribution in [-0.2, 0) is 10.0 Å². The third kappa shape index (κ3) is 3.49. The monoisotopic (exact) mass is 326 g/mol. The molecule has 0 aliphatic carbocycles. The van der Waals surface area contributed by atoms with Gasteiger partial charge in [0.25, 0.3) is 0 Å². The summed E-state index contributed by atoms with van der Waals surface area (Å²) in [6.45, 7) is 1.92. The second-order valence-electron chi connectivity index (χ2n) is 4.60. The van der Waals surface area contributed by atoms with Crippen molar-refractivity contribution in [1.29, 1.82) is 0 Å². The molecule has 112 valence electrons. The maximum Gasteiger partial charge on any atom is 0.238 e. The molecule has 21 heavy (non-hydrogen) atoms. The number of nitrogens with zero attached hydrogens (tertiary/aromatic N) is 3. The van der Waals surface area contributed by atoms with Gasteiger partial charge < -0.3 is 4.90 Å². The molecule has 2 aromatic rings. The van der Waals surface area contributed by atoms with Gasteiger partial charge in [0.1, 0.15) is 11.3 Å². The van der Waals surface area contributed by atoms with E-state index < -0.39 is 10.0 Å². The van der Waals surface area contributed by atoms with E-state index in [4.69, 9.17) is 16.7 Å². The molecule has 0 bridgehead atoms. The van der Waals surface area contributed by atoms with E-state index in [9.17, 15) is 8.42 Å². The molecule has 1 heterocycles. The van der Waals surface area contributed by atoms with E-state index in [0.29, 0.717) is 10.8 Å². The van der Waals surface area contributed by atoms with E-state index in [1.54, 1.807) is 12.1 Å². The predicted molar refractivity (Wildman–Crippen MR) is 81.7 cm³/mol. The molecule has 0 saturated carbocycles. The van der Waals surface area contributed by atoms with Crippen molar-refractivity contribution >= 4 is 27.4 Å². The third-order valence-electron chi connectivity index (χ3n) is 3.23. The van der Waals surface area contributed by atoms with Crippen LogP contribution in [0.3, 0.4) is 0 Å². The maximum absolute atomic E-state index is 11.4. The van der Waals surface area contributed by atoms with E-state index in [2.05, 4.69) is 9.97 Å². The summed E-state index contributed by atoms with van der Waals surface area (Å²) in [5, 5.41) is 5.58. The predicted octanol–water partition coefficient (Wildman–Crippen LogP) is 1.97. The minimum Gasteiger partial charge on any atom is -0.352 e. The van der Waals surface area contributed by atoms with Crippen LogP contribution in [0.2, 0.25) is 5.02 Å². The van der Waals surface area contributed by atoms with E-state index in [1.165, 1.54) is 18.6 Å². The molecule has 1 atom stereocenters. The second-order valence-corrected chi connectivity index (χ2v) is 6.57. The van der Waals surface area contributed by atoms with Crippen molar-refractivity contribution in [2.45, 2.75) is 17.9 Å². The van der Waals surface area contributed by atoms with Gasteiger partial charge in [-0.05, 0) is 24.6 Å². The molecule has 0 amide bonds. The highest BCUT2D eigenvalue weighted by Crippen LogP contribution is 2.29. The van der Waals surface area contributed by atoms with Crippen LogP contribution in [0.4, 0.5) is 5.82 Å². The molecule has 2 rings (SSSR count). The molecule has 0 saturated heterocycles. The molecular formula is C13H15ClN4O2S. The third-order valence-corrected chi connectivity index (χ3v) is 4.41. The smallest absolute Gasteiger partial charge is 0.238 e. The fourth-order valence-corrected chi connectivity index (χ4v) is 2.73. The Hall–Kier alpha value is -1.70. The topological polar surface area (TPSA) is 89.2 Å². The Kier molecular flexibility index (Phi) is 4.46. The summed E-state index contributed by atoms with van der Waals surface area (Å²) in [6.07, 6.45) is 2.92. The molecule has 0 aliphatic heterocycles. The van der Waals surface area contributed by atoms with Crippen LogP contribution in [0.15, 0.2) is 41.7 Å². The molecule has 1 aromatic carbocycles. The average molecular weight is 327 g/mol. The first-order valence-electron chi connectivity index (χ1n) is 6.12. The van der Waals surface area contributed by atoms with Crippen molar-refractivity contribution in [2.75, 3.05) is 11.9 Å². The lowest BCUT2D eigenvalue weighted by Gasteiger charge is -2.27. The lowest BCUT2D eigenvalue weighted by molar-refractivity contribution is 0.597. The van der Waals surface area contributed by atoms with Crippen molar-refractivity contribution in [3.8, 4) is 0 Å². The van der Waals surface area contributed by atoms with Crippen molar-refractivity contribution in [3.63, 3.8) is 0 Å². The highest BCUT2D eigenvalue weighted by molar-refractivity contribution is 7.89. The SMILES string of the molecule is CC(c1cccc(S(N)(=O)=O)c1)N(C)c1ncncc1Cl. The van der Waals surface area contributed by atoms with Crippen LogP contribution in [-0.4, -0.2) is 25.4 Å². The molecule has 2 N–H and O–H groups in total. The molecule has 0 fully saturated rings. The van der Waals surface area contributed by atoms with Crippen LogP contribution in [0.1, 0.15) is 18.5 Å². The molecule has 0 aliphatic rings. The standard InChI is InChI=1S/C13H15ClN4O2S/c1-9(18(2)13-12(14)7-16-8-17-13)10-4-3-5-11(6-10)21(15,19)20/h3-9H,1-2H3,(H2,15,19,20). The fourth-order valence-electron chi connectivity index (χ4n) is 1.92. The van der Waals surface area contributed by atoms with Crippen molar-refractivity contribution in [2.24, 2.45) is 5.14 Å². The first-order valence-corrected chi connectivity index (χ1v) is 8.04. The van der Waals surface area contributed by atoms with Crippen LogP contribution >= 0.6 is 11.6 Å². The van der Waals surface area contributed by atoms with E-state index >= 15 is 0 Å². The van der Waals surface area contributed by atoms with Gasteiger partial charge >= 0.3 is 0 Å². The summed E-state index contributed by atoms with van der Waals surface area (Å²) in [5.41, 5.74) is 0.790. The Morgan fingerprint density at radius 2 is 2.10 bits per heavy atom. The number of sulfonamides is 1. The highest BCUT2D eigenvalue weighted by Gasteiger charge is 2.18. The second kappa shape index (κ2) is 5.97. The Morgan fingerprint density at radius 3 is 2.71 bits per heavy atom. The minimum absolute atomic E-state index is 0.0778. The number of halogens is 1. The summed E-state index contributed by atoms with van der Waals surface area (Å²) in [6, 6.07) is 6.35. The summed E-state index contributed by atoms with van der Waals surface area (Å²) in [5.74, 6) is 0.570. The zero-order valence-corrected chi connectivity index (χ0v) is 13.1. The van der Waals surface area contributed by atoms with Gasteiger partial charge in [-0.15, -0.1) is 0 Å². The number of hydrogen-bond donors (Lipinski definition) is 1. The summed E-state index contributed by atoms with van der Waals surface area (Å²) in [4.78, 5) is 9.89. The maximum atomic E-state index is 11.4. The van der Waals surface area contributed by atoms with Gasteiger partial charge in [0.05, 0.1) is 17.1 Å². The summed E-state index contributed by atoms with van der Waals surface area (Å²) >= 11 is 6.07. The Labute approximate surface area is 128 Å². The van der Waals surface area contributed by atoms with Gasteiger partial charge in [0, 0.05) is 7.05 Å². The van der Waals surface area contributed by atoms with E-state index in [0.717, 1.165) is 5.56 Å². The zero-order valence-electron chi connectivity index (χ0n) is 11.6. The largest absolute Gasteiger partial charge is 0.352 e. The summed E-state index contributed by atoms with van der Waals surface area (Å²) < 4.78 is 22.8. The number of anilines is 1. The van der Waals surface area contributed by atoms with Crippen LogP contribution in [0.5, 0.6) is 0 Å². The Bertz CT molecular complexity index is 751. The van der Waals surface area contributed by atoms with Crippen molar-refractivity contribution in [1.82, 2.24) is 9.97 Å². The lowest BCUT2D eigenvalue weighted by Crippen LogP contribution is -2.23. The van der Waals surface area contributed by atoms with Gasteiger partial charge in [0.2, 0.25) is 10.0 Å². The van der Waals surface area contributed by atoms with Crippen LogP contribution < -0.4 is 10.0 Å². The van der Waals surface area contributed by atoms with E-state index in [1.807, 2.05) is 24.9 Å². The molecule has 0 radical (unpaired) electrons. The Morgan fingerprint density at radius 1 is 1.38 bits per heavy atom. The molecule has 8 heteroatoms. The van der Waals surface area contributed by atoms with Crippen LogP contribution in [0, 0.1) is 0 Å². The van der Waals surface area contributed by atoms with Gasteiger partial charge in [-0.2, -0.15) is 0 Å². The first kappa shape index (κ1) is 15.7. The fraction of sp³-hybridized carbons (Fsp3) is 0.231. The number of aromatic nitrogens is 2. The highest BCUT2D eigenvalue weighted by atomic mass is 35.5. The van der Waals surface area contributed by atoms with Crippen molar-refractivity contribution < 1.29 is 8.42 Å². The van der Waals surface area contributed by atoms with Crippen molar-refractivity contribution in [3.05, 3.63) is 47.4 Å². The van der Waals surface area contributed by atoms with Gasteiger partial charge in [-0.1, -0.05) is 23.7 Å². The number of rotatable bonds is 4. The number of hydrogen-bond acceptors (Lipinski definition) is 5. The lowest BCUT2D eigenvalue weighted by atomic mass is 10.1. The Balaban J connectivity index is 2.36. The molecule has 1 unspecified atom stereocenters. The quantitative estimate of drug-likeness (QED) is 0.927. The number of primary sulfonamides is 1. The van der Waals surface area contributed by atoms with Gasteiger partial charge in [-0.3, -0.25) is 0 Å².